The summed E-state index contributed by atoms with van der Waals surface area (Å²) in [5.41, 5.74) is 2.99. The number of carbonyl (C=O) groups excluding carboxylic acids is 1. The van der Waals surface area contributed by atoms with Gasteiger partial charge in [-0.3, -0.25) is 4.79 Å². The monoisotopic (exact) mass is 559 g/mol. The van der Waals surface area contributed by atoms with Gasteiger partial charge in [0, 0.05) is 60.6 Å². The van der Waals surface area contributed by atoms with Crippen molar-refractivity contribution in [3.05, 3.63) is 40.2 Å². The molecule has 2 aromatic heterocycles. The molecule has 0 atom stereocenters. The first-order valence-electron chi connectivity index (χ1n) is 12.5. The molecule has 1 aliphatic carbocycles. The van der Waals surface area contributed by atoms with Gasteiger partial charge in [0.15, 0.2) is 0 Å². The van der Waals surface area contributed by atoms with Crippen LogP contribution in [0.2, 0.25) is 0 Å². The van der Waals surface area contributed by atoms with E-state index in [1.807, 2.05) is 12.1 Å². The highest BCUT2D eigenvalue weighted by Gasteiger charge is 2.45. The predicted octanol–water partition coefficient (Wildman–Crippen LogP) is 6.16. The molecule has 3 fully saturated rings. The summed E-state index contributed by atoms with van der Waals surface area (Å²) in [5, 5.41) is 3.76. The zero-order valence-electron chi connectivity index (χ0n) is 20.1. The van der Waals surface area contributed by atoms with Crippen LogP contribution in [0.25, 0.3) is 11.0 Å². The van der Waals surface area contributed by atoms with E-state index in [2.05, 4.69) is 36.1 Å². The van der Waals surface area contributed by atoms with E-state index in [9.17, 15) is 13.6 Å². The lowest BCUT2D eigenvalue weighted by Gasteiger charge is -2.35. The van der Waals surface area contributed by atoms with Crippen LogP contribution in [0, 0.1) is 12.3 Å². The van der Waals surface area contributed by atoms with Crippen LogP contribution < -0.4 is 15.1 Å². The van der Waals surface area contributed by atoms with Crippen LogP contribution in [0.3, 0.4) is 0 Å². The topological polar surface area (TPSA) is 74.5 Å². The van der Waals surface area contributed by atoms with Crippen molar-refractivity contribution in [2.45, 2.75) is 51.4 Å². The Kier molecular flexibility index (Phi) is 5.70. The normalized spacial score (nSPS) is 20.7. The van der Waals surface area contributed by atoms with Crippen molar-refractivity contribution in [3.63, 3.8) is 0 Å². The highest BCUT2D eigenvalue weighted by molar-refractivity contribution is 9.10. The first-order valence-corrected chi connectivity index (χ1v) is 13.3. The molecule has 1 spiro atoms. The van der Waals surface area contributed by atoms with Gasteiger partial charge in [-0.2, -0.15) is 4.98 Å². The molecule has 1 aromatic carbocycles. The first-order chi connectivity index (χ1) is 17.2. The van der Waals surface area contributed by atoms with Gasteiger partial charge in [0.1, 0.15) is 17.0 Å². The second-order valence-electron chi connectivity index (χ2n) is 10.4. The fraction of sp³-hybridized carbons (Fsp3) is 0.500. The van der Waals surface area contributed by atoms with Gasteiger partial charge in [-0.15, -0.1) is 0 Å². The quantitative estimate of drug-likeness (QED) is 0.412. The Balaban J connectivity index is 1.30. The number of aryl methyl sites for hydroxylation is 1. The van der Waals surface area contributed by atoms with Crippen molar-refractivity contribution in [2.75, 3.05) is 41.3 Å². The minimum Gasteiger partial charge on any atom is -0.463 e. The molecular weight excluding hydrogens is 532 g/mol. The van der Waals surface area contributed by atoms with E-state index in [0.717, 1.165) is 41.5 Å². The van der Waals surface area contributed by atoms with Crippen LogP contribution in [-0.2, 0) is 0 Å². The third kappa shape index (κ3) is 4.44. The molecule has 0 radical (unpaired) electrons. The number of piperidine rings is 2. The van der Waals surface area contributed by atoms with E-state index in [4.69, 9.17) is 4.42 Å². The van der Waals surface area contributed by atoms with Crippen LogP contribution in [0.4, 0.5) is 26.2 Å². The van der Waals surface area contributed by atoms with E-state index in [1.165, 1.54) is 12.8 Å². The third-order valence-electron chi connectivity index (χ3n) is 7.88. The number of amides is 1. The Bertz CT molecular complexity index is 1320. The van der Waals surface area contributed by atoms with Crippen LogP contribution >= 0.6 is 15.9 Å². The summed E-state index contributed by atoms with van der Waals surface area (Å²) in [5.74, 6) is -2.29. The fourth-order valence-corrected chi connectivity index (χ4v) is 5.94. The number of hydrogen-bond acceptors (Lipinski definition) is 6. The largest absolute Gasteiger partial charge is 0.463 e. The highest BCUT2D eigenvalue weighted by atomic mass is 79.9. The number of rotatable bonds is 4. The molecule has 1 amide bonds. The summed E-state index contributed by atoms with van der Waals surface area (Å²) in [6, 6.07) is 5.53. The van der Waals surface area contributed by atoms with E-state index < -0.39 is 5.92 Å². The number of nitrogens with one attached hydrogen (secondary N) is 1. The van der Waals surface area contributed by atoms with Gasteiger partial charge in [-0.1, -0.05) is 0 Å². The van der Waals surface area contributed by atoms with Crippen LogP contribution in [0.5, 0.6) is 0 Å². The maximum atomic E-state index is 13.7. The Morgan fingerprint density at radius 3 is 2.42 bits per heavy atom. The molecule has 1 N–H and O–H groups in total. The molecule has 0 unspecified atom stereocenters. The van der Waals surface area contributed by atoms with Gasteiger partial charge >= 0.3 is 0 Å². The minimum absolute atomic E-state index is 0.171. The number of anilines is 3. The summed E-state index contributed by atoms with van der Waals surface area (Å²) < 4.78 is 34.0. The van der Waals surface area contributed by atoms with Crippen molar-refractivity contribution in [3.8, 4) is 0 Å². The first kappa shape index (κ1) is 23.6. The summed E-state index contributed by atoms with van der Waals surface area (Å²) in [6.07, 6.45) is 5.99. The maximum Gasteiger partial charge on any atom is 0.262 e. The SMILES string of the molecule is Cc1cc(NC(=O)c2c(N3CCC4(CC3)CC4)cc(Br)c3ccoc23)nc(N2CCC(F)(F)CC2)n1. The Morgan fingerprint density at radius 2 is 1.72 bits per heavy atom. The van der Waals surface area contributed by atoms with Crippen LogP contribution in [0.1, 0.15) is 54.6 Å². The van der Waals surface area contributed by atoms with E-state index in [0.29, 0.717) is 34.0 Å². The Hall–Kier alpha value is -2.75. The van der Waals surface area contributed by atoms with E-state index in [-0.39, 0.29) is 31.8 Å². The lowest BCUT2D eigenvalue weighted by molar-refractivity contribution is -0.0222. The molecule has 1 saturated carbocycles. The van der Waals surface area contributed by atoms with E-state index >= 15 is 0 Å². The summed E-state index contributed by atoms with van der Waals surface area (Å²) in [7, 11) is 0. The standard InChI is InChI=1S/C26H28BrF2N5O2/c1-16-14-20(32-24(30-16)34-11-7-26(28,29)8-12-34)31-23(35)21-19(15-18(27)17-2-13-36-22(17)21)33-9-5-25(3-4-25)6-10-33/h2,13-15H,3-12H2,1H3,(H,30,31,32,35). The molecule has 2 aliphatic heterocycles. The number of fused-ring (bicyclic) bond motifs is 1. The Labute approximate surface area is 216 Å². The number of aromatic nitrogens is 2. The molecule has 36 heavy (non-hydrogen) atoms. The number of carbonyl (C=O) groups is 1. The van der Waals surface area contributed by atoms with Gasteiger partial charge < -0.3 is 19.5 Å². The average Bonchev–Trinajstić information content (AvgIpc) is 3.39. The predicted molar refractivity (Wildman–Crippen MR) is 138 cm³/mol. The second kappa shape index (κ2) is 8.68. The Morgan fingerprint density at radius 1 is 1.03 bits per heavy atom. The van der Waals surface area contributed by atoms with Crippen molar-refractivity contribution in [1.29, 1.82) is 0 Å². The molecule has 2 saturated heterocycles. The highest BCUT2D eigenvalue weighted by Crippen LogP contribution is 2.54. The third-order valence-corrected chi connectivity index (χ3v) is 8.54. The number of nitrogens with zero attached hydrogens (tertiary/aromatic N) is 4. The number of hydrogen-bond donors (Lipinski definition) is 1. The van der Waals surface area contributed by atoms with E-state index in [1.54, 1.807) is 24.2 Å². The summed E-state index contributed by atoms with van der Waals surface area (Å²) in [6.45, 7) is 3.94. The zero-order chi connectivity index (χ0) is 25.1. The smallest absolute Gasteiger partial charge is 0.262 e. The van der Waals surface area contributed by atoms with Gasteiger partial charge in [-0.25, -0.2) is 13.8 Å². The molecule has 10 heteroatoms. The van der Waals surface area contributed by atoms with Gasteiger partial charge in [0.25, 0.3) is 11.8 Å². The summed E-state index contributed by atoms with van der Waals surface area (Å²) >= 11 is 3.65. The second-order valence-corrected chi connectivity index (χ2v) is 11.2. The number of alkyl halides is 2. The molecule has 6 rings (SSSR count). The van der Waals surface area contributed by atoms with Gasteiger partial charge in [0.05, 0.1) is 12.0 Å². The molecule has 7 nitrogen and oxygen atoms in total. The molecule has 4 heterocycles. The van der Waals surface area contributed by atoms with Crippen molar-refractivity contribution < 1.29 is 18.0 Å². The molecule has 3 aliphatic rings. The van der Waals surface area contributed by atoms with Crippen molar-refractivity contribution >= 4 is 50.3 Å². The minimum atomic E-state index is -2.66. The molecule has 0 bridgehead atoms. The van der Waals surface area contributed by atoms with Crippen molar-refractivity contribution in [2.24, 2.45) is 5.41 Å². The lowest BCUT2D eigenvalue weighted by Crippen LogP contribution is -2.40. The van der Waals surface area contributed by atoms with Crippen LogP contribution in [0.15, 0.2) is 33.4 Å². The fourth-order valence-electron chi connectivity index (χ4n) is 5.42. The maximum absolute atomic E-state index is 13.7. The van der Waals surface area contributed by atoms with Gasteiger partial charge in [0.2, 0.25) is 5.95 Å². The number of halogens is 3. The molecular formula is C26H28BrF2N5O2. The lowest BCUT2D eigenvalue weighted by atomic mass is 9.93. The van der Waals surface area contributed by atoms with Crippen molar-refractivity contribution in [1.82, 2.24) is 9.97 Å². The summed E-state index contributed by atoms with van der Waals surface area (Å²) in [4.78, 5) is 26.7. The van der Waals surface area contributed by atoms with Crippen LogP contribution in [-0.4, -0.2) is 48.0 Å². The molecule has 190 valence electrons. The zero-order valence-corrected chi connectivity index (χ0v) is 21.7. The number of furan rings is 1. The average molecular weight is 560 g/mol. The molecule has 3 aromatic rings. The van der Waals surface area contributed by atoms with Gasteiger partial charge in [-0.05, 0) is 66.1 Å². The number of benzene rings is 1.